The van der Waals surface area contributed by atoms with Crippen LogP contribution in [0.4, 0.5) is 0 Å². The summed E-state index contributed by atoms with van der Waals surface area (Å²) in [4.78, 5) is 13.1. The minimum Gasteiger partial charge on any atom is -0.339 e. The summed E-state index contributed by atoms with van der Waals surface area (Å²) >= 11 is 1.92. The normalized spacial score (nSPS) is 22.4. The van der Waals surface area contributed by atoms with E-state index >= 15 is 0 Å². The van der Waals surface area contributed by atoms with Crippen molar-refractivity contribution in [2.75, 3.05) is 25.4 Å². The van der Waals surface area contributed by atoms with Crippen LogP contribution in [0.3, 0.4) is 0 Å². The molecule has 0 aliphatic carbocycles. The van der Waals surface area contributed by atoms with Crippen LogP contribution in [0.1, 0.15) is 13.8 Å². The molecule has 0 spiro atoms. The van der Waals surface area contributed by atoms with Crippen LogP contribution in [0.2, 0.25) is 0 Å². The molecule has 0 unspecified atom stereocenters. The number of carbonyl (C=O) groups excluding carboxylic acids is 1. The highest BCUT2D eigenvalue weighted by Gasteiger charge is 2.28. The summed E-state index contributed by atoms with van der Waals surface area (Å²) in [7, 11) is 0. The molecule has 0 aromatic rings. The van der Waals surface area contributed by atoms with Crippen LogP contribution in [0.5, 0.6) is 0 Å². The fraction of sp³-hybridized carbons (Fsp3) is 0.875. The fourth-order valence-electron chi connectivity index (χ4n) is 1.36. The highest BCUT2D eigenvalue weighted by atomic mass is 32.2. The van der Waals surface area contributed by atoms with Gasteiger partial charge in [0.25, 0.3) is 0 Å². The van der Waals surface area contributed by atoms with Crippen molar-refractivity contribution in [1.29, 1.82) is 0 Å². The van der Waals surface area contributed by atoms with Crippen LogP contribution >= 0.6 is 11.8 Å². The zero-order valence-electron chi connectivity index (χ0n) is 7.67. The second kappa shape index (κ2) is 3.66. The zero-order chi connectivity index (χ0) is 9.19. The van der Waals surface area contributed by atoms with E-state index in [-0.39, 0.29) is 17.2 Å². The maximum Gasteiger partial charge on any atom is 0.236 e. The molecule has 1 saturated heterocycles. The van der Waals surface area contributed by atoms with Gasteiger partial charge < -0.3 is 10.6 Å². The summed E-state index contributed by atoms with van der Waals surface area (Å²) in [5, 5.41) is 0. The summed E-state index contributed by atoms with van der Waals surface area (Å²) < 4.78 is 0.198. The Labute approximate surface area is 77.7 Å². The Kier molecular flexibility index (Phi) is 3.01. The SMILES string of the molecule is CC1(C)CN(C(=O)CN)CCS1. The number of nitrogens with zero attached hydrogens (tertiary/aromatic N) is 1. The standard InChI is InChI=1S/C8H16N2OS/c1-8(2)6-10(3-4-12-8)7(11)5-9/h3-6,9H2,1-2H3. The van der Waals surface area contributed by atoms with Gasteiger partial charge in [0.1, 0.15) is 0 Å². The van der Waals surface area contributed by atoms with E-state index in [1.54, 1.807) is 0 Å². The summed E-state index contributed by atoms with van der Waals surface area (Å²) in [6.07, 6.45) is 0. The number of hydrogen-bond donors (Lipinski definition) is 1. The van der Waals surface area contributed by atoms with E-state index in [1.807, 2.05) is 16.7 Å². The van der Waals surface area contributed by atoms with E-state index in [2.05, 4.69) is 13.8 Å². The molecule has 0 radical (unpaired) electrons. The van der Waals surface area contributed by atoms with Crippen LogP contribution in [-0.2, 0) is 4.79 Å². The fourth-order valence-corrected chi connectivity index (χ4v) is 2.47. The van der Waals surface area contributed by atoms with Crippen LogP contribution in [0, 0.1) is 0 Å². The van der Waals surface area contributed by atoms with Crippen molar-refractivity contribution in [2.24, 2.45) is 5.73 Å². The highest BCUT2D eigenvalue weighted by molar-refractivity contribution is 8.00. The number of thioether (sulfide) groups is 1. The largest absolute Gasteiger partial charge is 0.339 e. The molecule has 0 saturated carbocycles. The molecule has 1 fully saturated rings. The molecule has 2 N–H and O–H groups in total. The van der Waals surface area contributed by atoms with Crippen molar-refractivity contribution in [1.82, 2.24) is 4.90 Å². The molecule has 4 heteroatoms. The lowest BCUT2D eigenvalue weighted by Gasteiger charge is -2.37. The first kappa shape index (κ1) is 9.86. The molecule has 1 aliphatic rings. The van der Waals surface area contributed by atoms with Gasteiger partial charge in [0.05, 0.1) is 6.54 Å². The molecule has 1 aliphatic heterocycles. The molecular formula is C8H16N2OS. The topological polar surface area (TPSA) is 46.3 Å². The van der Waals surface area contributed by atoms with Crippen LogP contribution in [0.15, 0.2) is 0 Å². The summed E-state index contributed by atoms with van der Waals surface area (Å²) in [6, 6.07) is 0. The van der Waals surface area contributed by atoms with Crippen LogP contribution in [-0.4, -0.2) is 40.9 Å². The van der Waals surface area contributed by atoms with E-state index in [9.17, 15) is 4.79 Å². The second-order valence-corrected chi connectivity index (χ2v) is 5.43. The van der Waals surface area contributed by atoms with Crippen molar-refractivity contribution in [3.63, 3.8) is 0 Å². The van der Waals surface area contributed by atoms with Gasteiger partial charge in [-0.15, -0.1) is 0 Å². The van der Waals surface area contributed by atoms with Crippen molar-refractivity contribution in [2.45, 2.75) is 18.6 Å². The predicted octanol–water partition coefficient (Wildman–Crippen LogP) is 0.299. The average Bonchev–Trinajstić information content (AvgIpc) is 2.01. The Hall–Kier alpha value is -0.220. The molecule has 70 valence electrons. The first-order valence-corrected chi connectivity index (χ1v) is 5.15. The zero-order valence-corrected chi connectivity index (χ0v) is 8.49. The number of hydrogen-bond acceptors (Lipinski definition) is 3. The third-order valence-electron chi connectivity index (χ3n) is 1.95. The van der Waals surface area contributed by atoms with Gasteiger partial charge in [0.2, 0.25) is 5.91 Å². The lowest BCUT2D eigenvalue weighted by molar-refractivity contribution is -0.129. The van der Waals surface area contributed by atoms with Crippen LogP contribution in [0.25, 0.3) is 0 Å². The minimum atomic E-state index is 0.0726. The van der Waals surface area contributed by atoms with E-state index in [0.717, 1.165) is 18.8 Å². The van der Waals surface area contributed by atoms with Gasteiger partial charge in [-0.1, -0.05) is 0 Å². The van der Waals surface area contributed by atoms with Gasteiger partial charge >= 0.3 is 0 Å². The van der Waals surface area contributed by atoms with Gasteiger partial charge in [-0.3, -0.25) is 4.79 Å². The third-order valence-corrected chi connectivity index (χ3v) is 3.25. The van der Waals surface area contributed by atoms with Gasteiger partial charge in [-0.05, 0) is 13.8 Å². The summed E-state index contributed by atoms with van der Waals surface area (Å²) in [6.45, 7) is 6.14. The molecule has 0 bridgehead atoms. The molecule has 12 heavy (non-hydrogen) atoms. The third kappa shape index (κ3) is 2.38. The average molecular weight is 188 g/mol. The van der Waals surface area contributed by atoms with Gasteiger partial charge in [0.15, 0.2) is 0 Å². The first-order chi connectivity index (χ1) is 5.55. The number of nitrogens with two attached hydrogens (primary N) is 1. The Balaban J connectivity index is 2.52. The lowest BCUT2D eigenvalue weighted by atomic mass is 10.2. The minimum absolute atomic E-state index is 0.0726. The van der Waals surface area contributed by atoms with Crippen molar-refractivity contribution >= 4 is 17.7 Å². The first-order valence-electron chi connectivity index (χ1n) is 4.17. The molecule has 0 aromatic carbocycles. The molecule has 0 atom stereocenters. The molecule has 3 nitrogen and oxygen atoms in total. The van der Waals surface area contributed by atoms with Crippen molar-refractivity contribution in [3.05, 3.63) is 0 Å². The molecule has 1 heterocycles. The number of rotatable bonds is 1. The molecule has 1 amide bonds. The Morgan fingerprint density at radius 3 is 2.83 bits per heavy atom. The Bertz CT molecular complexity index is 182. The number of carbonyl (C=O) groups is 1. The lowest BCUT2D eigenvalue weighted by Crippen LogP contribution is -2.48. The van der Waals surface area contributed by atoms with Crippen molar-refractivity contribution < 1.29 is 4.79 Å². The van der Waals surface area contributed by atoms with E-state index < -0.39 is 0 Å². The number of amides is 1. The smallest absolute Gasteiger partial charge is 0.236 e. The Morgan fingerprint density at radius 2 is 2.33 bits per heavy atom. The maximum atomic E-state index is 11.2. The van der Waals surface area contributed by atoms with Gasteiger partial charge in [-0.2, -0.15) is 11.8 Å². The molecular weight excluding hydrogens is 172 g/mol. The quantitative estimate of drug-likeness (QED) is 0.644. The molecule has 0 aromatic heterocycles. The van der Waals surface area contributed by atoms with E-state index in [4.69, 9.17) is 5.73 Å². The Morgan fingerprint density at radius 1 is 1.67 bits per heavy atom. The summed E-state index contributed by atoms with van der Waals surface area (Å²) in [5.41, 5.74) is 5.29. The predicted molar refractivity (Wildman–Crippen MR) is 52.2 cm³/mol. The molecule has 1 rings (SSSR count). The van der Waals surface area contributed by atoms with Crippen LogP contribution < -0.4 is 5.73 Å². The van der Waals surface area contributed by atoms with E-state index in [1.165, 1.54) is 0 Å². The summed E-state index contributed by atoms with van der Waals surface area (Å²) in [5.74, 6) is 1.10. The van der Waals surface area contributed by atoms with Crippen molar-refractivity contribution in [3.8, 4) is 0 Å². The highest BCUT2D eigenvalue weighted by Crippen LogP contribution is 2.29. The van der Waals surface area contributed by atoms with Gasteiger partial charge in [-0.25, -0.2) is 0 Å². The monoisotopic (exact) mass is 188 g/mol. The maximum absolute atomic E-state index is 11.2. The second-order valence-electron chi connectivity index (χ2n) is 3.63. The van der Waals surface area contributed by atoms with Gasteiger partial charge in [0, 0.05) is 23.6 Å². The van der Waals surface area contributed by atoms with E-state index in [0.29, 0.717) is 0 Å².